The van der Waals surface area contributed by atoms with Crippen LogP contribution in [0, 0.1) is 5.92 Å². The van der Waals surface area contributed by atoms with E-state index >= 15 is 0 Å². The Hall–Kier alpha value is -2.15. The average molecular weight is 302 g/mol. The van der Waals surface area contributed by atoms with Gasteiger partial charge in [-0.2, -0.15) is 9.97 Å². The second kappa shape index (κ2) is 6.31. The second-order valence-corrected chi connectivity index (χ2v) is 5.67. The smallest absolute Gasteiger partial charge is 0.224 e. The van der Waals surface area contributed by atoms with Gasteiger partial charge in [-0.15, -0.1) is 0 Å². The minimum Gasteiger partial charge on any atom is -0.396 e. The van der Waals surface area contributed by atoms with Crippen LogP contribution >= 0.6 is 0 Å². The zero-order valence-electron chi connectivity index (χ0n) is 12.7. The third kappa shape index (κ3) is 2.76. The highest BCUT2D eigenvalue weighted by Crippen LogP contribution is 2.31. The number of hydrogen-bond acceptors (Lipinski definition) is 6. The van der Waals surface area contributed by atoms with Crippen molar-refractivity contribution in [3.63, 3.8) is 0 Å². The van der Waals surface area contributed by atoms with Gasteiger partial charge in [-0.25, -0.2) is 4.98 Å². The molecule has 7 nitrogen and oxygen atoms in total. The van der Waals surface area contributed by atoms with Gasteiger partial charge in [0.05, 0.1) is 12.4 Å². The first-order chi connectivity index (χ1) is 10.7. The molecule has 22 heavy (non-hydrogen) atoms. The molecule has 7 heteroatoms. The number of nitrogen functional groups attached to an aromatic ring is 1. The summed E-state index contributed by atoms with van der Waals surface area (Å²) >= 11 is 0. The molecule has 0 amide bonds. The average Bonchev–Trinajstić information content (AvgIpc) is 3.13. The zero-order valence-corrected chi connectivity index (χ0v) is 12.7. The number of aliphatic hydroxyl groups excluding tert-OH is 1. The number of nitrogens with two attached hydrogens (primary N) is 1. The summed E-state index contributed by atoms with van der Waals surface area (Å²) in [6, 6.07) is 0.153. The Bertz CT molecular complexity index is 680. The monoisotopic (exact) mass is 302 g/mol. The van der Waals surface area contributed by atoms with Crippen LogP contribution < -0.4 is 11.1 Å². The number of nitrogens with one attached hydrogen (secondary N) is 1. The Morgan fingerprint density at radius 1 is 1.41 bits per heavy atom. The van der Waals surface area contributed by atoms with Crippen molar-refractivity contribution in [3.8, 4) is 0 Å². The molecule has 0 spiro atoms. The Balaban J connectivity index is 1.92. The van der Waals surface area contributed by atoms with Crippen molar-refractivity contribution in [1.82, 2.24) is 19.5 Å². The maximum atomic E-state index is 9.27. The maximum absolute atomic E-state index is 9.27. The molecular weight excluding hydrogens is 280 g/mol. The van der Waals surface area contributed by atoms with E-state index in [2.05, 4.69) is 33.3 Å². The number of rotatable bonds is 6. The van der Waals surface area contributed by atoms with Crippen molar-refractivity contribution < 1.29 is 5.11 Å². The van der Waals surface area contributed by atoms with Gasteiger partial charge in [0.2, 0.25) is 5.95 Å². The Morgan fingerprint density at radius 2 is 2.27 bits per heavy atom. The van der Waals surface area contributed by atoms with Crippen molar-refractivity contribution in [2.24, 2.45) is 5.92 Å². The van der Waals surface area contributed by atoms with E-state index in [1.54, 1.807) is 6.33 Å². The fourth-order valence-corrected chi connectivity index (χ4v) is 2.78. The van der Waals surface area contributed by atoms with Gasteiger partial charge < -0.3 is 20.7 Å². The van der Waals surface area contributed by atoms with E-state index in [0.717, 1.165) is 37.0 Å². The van der Waals surface area contributed by atoms with Crippen LogP contribution in [0.25, 0.3) is 11.2 Å². The third-order valence-electron chi connectivity index (χ3n) is 4.00. The van der Waals surface area contributed by atoms with Gasteiger partial charge in [0, 0.05) is 19.1 Å². The topological polar surface area (TPSA) is 102 Å². The van der Waals surface area contributed by atoms with Crippen molar-refractivity contribution in [1.29, 1.82) is 0 Å². The highest BCUT2D eigenvalue weighted by Gasteiger charge is 2.22. The molecule has 0 aromatic carbocycles. The molecule has 1 aliphatic carbocycles. The molecule has 0 aliphatic heterocycles. The minimum absolute atomic E-state index is 0.153. The molecule has 4 N–H and O–H groups in total. The molecule has 0 saturated heterocycles. The number of anilines is 2. The van der Waals surface area contributed by atoms with E-state index in [4.69, 9.17) is 5.73 Å². The van der Waals surface area contributed by atoms with E-state index in [-0.39, 0.29) is 24.5 Å². The number of unbranched alkanes of at least 4 members (excludes halogenated alkanes) is 1. The first kappa shape index (κ1) is 14.8. The Labute approximate surface area is 129 Å². The van der Waals surface area contributed by atoms with Gasteiger partial charge in [0.25, 0.3) is 0 Å². The lowest BCUT2D eigenvalue weighted by atomic mass is 10.1. The third-order valence-corrected chi connectivity index (χ3v) is 4.00. The summed E-state index contributed by atoms with van der Waals surface area (Å²) in [5.74, 6) is 1.13. The van der Waals surface area contributed by atoms with Gasteiger partial charge in [-0.05, 0) is 12.8 Å². The van der Waals surface area contributed by atoms with Gasteiger partial charge in [-0.1, -0.05) is 25.5 Å². The normalized spacial score (nSPS) is 20.8. The molecule has 2 atom stereocenters. The number of imidazole rings is 1. The van der Waals surface area contributed by atoms with Crippen LogP contribution in [0.2, 0.25) is 0 Å². The van der Waals surface area contributed by atoms with Crippen LogP contribution in [0.1, 0.15) is 32.2 Å². The second-order valence-electron chi connectivity index (χ2n) is 5.67. The number of fused-ring (bicyclic) bond motifs is 1. The summed E-state index contributed by atoms with van der Waals surface area (Å²) in [6.07, 6.45) is 8.94. The van der Waals surface area contributed by atoms with E-state index in [1.807, 2.05) is 10.6 Å². The van der Waals surface area contributed by atoms with Crippen molar-refractivity contribution in [3.05, 3.63) is 18.5 Å². The van der Waals surface area contributed by atoms with Crippen LogP contribution in [0.15, 0.2) is 18.5 Å². The van der Waals surface area contributed by atoms with E-state index < -0.39 is 0 Å². The largest absolute Gasteiger partial charge is 0.396 e. The summed E-state index contributed by atoms with van der Waals surface area (Å²) in [5.41, 5.74) is 7.33. The number of allylic oxidation sites excluding steroid dienone is 1. The van der Waals surface area contributed by atoms with Crippen LogP contribution in [-0.2, 0) is 0 Å². The fraction of sp³-hybridized carbons (Fsp3) is 0.533. The van der Waals surface area contributed by atoms with Crippen LogP contribution in [-0.4, -0.2) is 37.8 Å². The molecule has 118 valence electrons. The highest BCUT2D eigenvalue weighted by atomic mass is 16.3. The molecule has 0 radical (unpaired) electrons. The van der Waals surface area contributed by atoms with Gasteiger partial charge in [0.1, 0.15) is 0 Å². The van der Waals surface area contributed by atoms with E-state index in [1.165, 1.54) is 0 Å². The first-order valence-corrected chi connectivity index (χ1v) is 7.76. The quantitative estimate of drug-likeness (QED) is 0.555. The van der Waals surface area contributed by atoms with Gasteiger partial charge >= 0.3 is 0 Å². The molecular formula is C15H22N6O. The van der Waals surface area contributed by atoms with E-state index in [9.17, 15) is 5.11 Å². The lowest BCUT2D eigenvalue weighted by Crippen LogP contribution is -2.10. The fourth-order valence-electron chi connectivity index (χ4n) is 2.78. The van der Waals surface area contributed by atoms with Crippen LogP contribution in [0.5, 0.6) is 0 Å². The predicted octanol–water partition coefficient (Wildman–Crippen LogP) is 1.73. The number of hydrogen-bond donors (Lipinski definition) is 3. The Morgan fingerprint density at radius 3 is 3.00 bits per heavy atom. The Kier molecular flexibility index (Phi) is 4.24. The van der Waals surface area contributed by atoms with Crippen molar-refractivity contribution in [2.45, 2.75) is 32.2 Å². The molecule has 2 aromatic rings. The molecule has 2 aromatic heterocycles. The number of aliphatic hydroxyl groups is 1. The summed E-state index contributed by atoms with van der Waals surface area (Å²) in [4.78, 5) is 13.1. The summed E-state index contributed by atoms with van der Waals surface area (Å²) < 4.78 is 2.00. The molecule has 0 fully saturated rings. The molecule has 2 heterocycles. The molecule has 1 aliphatic rings. The molecule has 3 rings (SSSR count). The van der Waals surface area contributed by atoms with E-state index in [0.29, 0.717) is 5.82 Å². The minimum atomic E-state index is 0.153. The van der Waals surface area contributed by atoms with Crippen LogP contribution in [0.3, 0.4) is 0 Å². The van der Waals surface area contributed by atoms with Crippen molar-refractivity contribution in [2.75, 3.05) is 24.2 Å². The summed E-state index contributed by atoms with van der Waals surface area (Å²) in [6.45, 7) is 3.15. The summed E-state index contributed by atoms with van der Waals surface area (Å²) in [5, 5.41) is 12.6. The first-order valence-electron chi connectivity index (χ1n) is 7.76. The van der Waals surface area contributed by atoms with Gasteiger partial charge in [-0.3, -0.25) is 0 Å². The molecule has 0 bridgehead atoms. The standard InChI is InChI=1S/C15H22N6O/c1-2-3-6-17-13-12-14(20-15(16)19-13)21(9-18-12)11-5-4-10(7-11)8-22/h4-5,9-11,22H,2-3,6-8H2,1H3,(H3,16,17,19,20)/t10-,11+/m0/s1. The maximum Gasteiger partial charge on any atom is 0.224 e. The lowest BCUT2D eigenvalue weighted by Gasteiger charge is -2.13. The van der Waals surface area contributed by atoms with Gasteiger partial charge in [0.15, 0.2) is 17.0 Å². The SMILES string of the molecule is CCCCNc1nc(N)nc2c1ncn2[C@@H]1C=C[C@H](CO)C1. The highest BCUT2D eigenvalue weighted by molar-refractivity contribution is 5.84. The number of nitrogens with zero attached hydrogens (tertiary/aromatic N) is 4. The van der Waals surface area contributed by atoms with Crippen molar-refractivity contribution >= 4 is 22.9 Å². The number of aromatic nitrogens is 4. The van der Waals surface area contributed by atoms with Crippen LogP contribution in [0.4, 0.5) is 11.8 Å². The molecule has 0 saturated carbocycles. The molecule has 0 unspecified atom stereocenters. The summed E-state index contributed by atoms with van der Waals surface area (Å²) in [7, 11) is 0. The predicted molar refractivity (Wildman–Crippen MR) is 86.5 cm³/mol. The zero-order chi connectivity index (χ0) is 15.5. The lowest BCUT2D eigenvalue weighted by molar-refractivity contribution is 0.244.